The molecule has 0 spiro atoms. The zero-order valence-electron chi connectivity index (χ0n) is 10.6. The molecule has 0 bridgehead atoms. The van der Waals surface area contributed by atoms with Gasteiger partial charge in [-0.2, -0.15) is 13.2 Å². The molecule has 0 aliphatic carbocycles. The van der Waals surface area contributed by atoms with Gasteiger partial charge in [0.15, 0.2) is 0 Å². The molecule has 0 aromatic heterocycles. The van der Waals surface area contributed by atoms with Crippen molar-refractivity contribution < 1.29 is 17.9 Å². The van der Waals surface area contributed by atoms with Crippen LogP contribution in [0, 0.1) is 0 Å². The number of hydrogen-bond acceptors (Lipinski definition) is 2. The number of hydrogen-bond donors (Lipinski definition) is 1. The van der Waals surface area contributed by atoms with Gasteiger partial charge in [-0.15, -0.1) is 0 Å². The Kier molecular flexibility index (Phi) is 5.47. The third-order valence-corrected chi connectivity index (χ3v) is 2.67. The van der Waals surface area contributed by atoms with Crippen molar-refractivity contribution in [2.75, 3.05) is 13.7 Å². The molecule has 1 aromatic rings. The normalized spacial score (nSPS) is 13.4. The summed E-state index contributed by atoms with van der Waals surface area (Å²) >= 11 is 0. The lowest BCUT2D eigenvalue weighted by Gasteiger charge is -2.15. The van der Waals surface area contributed by atoms with Gasteiger partial charge in [-0.3, -0.25) is 0 Å². The van der Waals surface area contributed by atoms with Crippen LogP contribution < -0.4 is 10.1 Å². The lowest BCUT2D eigenvalue weighted by atomic mass is 10.0. The summed E-state index contributed by atoms with van der Waals surface area (Å²) in [6.45, 7) is 1.70. The number of alkyl halides is 3. The van der Waals surface area contributed by atoms with E-state index >= 15 is 0 Å². The van der Waals surface area contributed by atoms with Crippen molar-refractivity contribution in [2.45, 2.75) is 32.0 Å². The highest BCUT2D eigenvalue weighted by atomic mass is 19.4. The second kappa shape index (κ2) is 6.64. The molecule has 0 aliphatic heterocycles. The zero-order chi connectivity index (χ0) is 13.6. The molecular weight excluding hydrogens is 243 g/mol. The van der Waals surface area contributed by atoms with E-state index in [1.54, 1.807) is 18.2 Å². The van der Waals surface area contributed by atoms with Gasteiger partial charge >= 0.3 is 6.18 Å². The fourth-order valence-electron chi connectivity index (χ4n) is 1.71. The smallest absolute Gasteiger partial charge is 0.392 e. The van der Waals surface area contributed by atoms with Crippen LogP contribution in [0.4, 0.5) is 13.2 Å². The standard InChI is InChI=1S/C13H18F3NO/c1-3-12(17-2)10-5-4-6-11(9-10)18-8-7-13(14,15)16/h4-6,9,12,17H,3,7-8H2,1-2H3. The molecule has 0 saturated carbocycles. The van der Waals surface area contributed by atoms with Crippen LogP contribution in [-0.4, -0.2) is 19.8 Å². The molecule has 0 amide bonds. The minimum absolute atomic E-state index is 0.191. The molecule has 1 atom stereocenters. The van der Waals surface area contributed by atoms with Crippen molar-refractivity contribution in [1.82, 2.24) is 5.32 Å². The summed E-state index contributed by atoms with van der Waals surface area (Å²) in [6.07, 6.45) is -4.20. The van der Waals surface area contributed by atoms with E-state index in [4.69, 9.17) is 4.74 Å². The number of halogens is 3. The van der Waals surface area contributed by atoms with E-state index in [0.717, 1.165) is 12.0 Å². The molecule has 18 heavy (non-hydrogen) atoms. The molecule has 1 rings (SSSR count). The molecule has 2 nitrogen and oxygen atoms in total. The summed E-state index contributed by atoms with van der Waals surface area (Å²) in [5.41, 5.74) is 1.02. The highest BCUT2D eigenvalue weighted by Gasteiger charge is 2.26. The molecule has 102 valence electrons. The minimum atomic E-state index is -4.17. The predicted molar refractivity (Wildman–Crippen MR) is 64.7 cm³/mol. The second-order valence-electron chi connectivity index (χ2n) is 4.04. The quantitative estimate of drug-likeness (QED) is 0.843. The Labute approximate surface area is 105 Å². The average molecular weight is 261 g/mol. The number of nitrogens with one attached hydrogen (secondary N) is 1. The molecule has 0 radical (unpaired) electrons. The number of rotatable bonds is 6. The van der Waals surface area contributed by atoms with Gasteiger partial charge in [-0.1, -0.05) is 19.1 Å². The SMILES string of the molecule is CCC(NC)c1cccc(OCCC(F)(F)F)c1. The Morgan fingerprint density at radius 1 is 1.33 bits per heavy atom. The molecular formula is C13H18F3NO. The first kappa shape index (κ1) is 14.8. The molecule has 1 aromatic carbocycles. The third-order valence-electron chi connectivity index (χ3n) is 2.67. The Hall–Kier alpha value is -1.23. The maximum Gasteiger partial charge on any atom is 0.392 e. The van der Waals surface area contributed by atoms with Gasteiger partial charge in [0.05, 0.1) is 13.0 Å². The minimum Gasteiger partial charge on any atom is -0.493 e. The first-order valence-electron chi connectivity index (χ1n) is 5.93. The van der Waals surface area contributed by atoms with Crippen molar-refractivity contribution in [3.05, 3.63) is 29.8 Å². The van der Waals surface area contributed by atoms with E-state index in [9.17, 15) is 13.2 Å². The largest absolute Gasteiger partial charge is 0.493 e. The topological polar surface area (TPSA) is 21.3 Å². The lowest BCUT2D eigenvalue weighted by molar-refractivity contribution is -0.139. The maximum absolute atomic E-state index is 12.0. The van der Waals surface area contributed by atoms with E-state index in [-0.39, 0.29) is 12.6 Å². The Morgan fingerprint density at radius 2 is 2.06 bits per heavy atom. The van der Waals surface area contributed by atoms with Gasteiger partial charge in [0.1, 0.15) is 5.75 Å². The van der Waals surface area contributed by atoms with Crippen LogP contribution in [0.1, 0.15) is 31.4 Å². The van der Waals surface area contributed by atoms with E-state index in [2.05, 4.69) is 5.32 Å². The second-order valence-corrected chi connectivity index (χ2v) is 4.04. The molecule has 0 fully saturated rings. The summed E-state index contributed by atoms with van der Waals surface area (Å²) in [4.78, 5) is 0. The summed E-state index contributed by atoms with van der Waals surface area (Å²) in [5, 5.41) is 3.14. The Bertz CT molecular complexity index is 361. The van der Waals surface area contributed by atoms with Crippen LogP contribution in [-0.2, 0) is 0 Å². The fourth-order valence-corrected chi connectivity index (χ4v) is 1.71. The van der Waals surface area contributed by atoms with E-state index in [0.29, 0.717) is 5.75 Å². The summed E-state index contributed by atoms with van der Waals surface area (Å²) in [6, 6.07) is 7.36. The van der Waals surface area contributed by atoms with Gasteiger partial charge in [-0.25, -0.2) is 0 Å². The highest BCUT2D eigenvalue weighted by molar-refractivity contribution is 5.30. The first-order valence-corrected chi connectivity index (χ1v) is 5.93. The Morgan fingerprint density at radius 3 is 2.61 bits per heavy atom. The van der Waals surface area contributed by atoms with Crippen LogP contribution in [0.3, 0.4) is 0 Å². The van der Waals surface area contributed by atoms with Gasteiger partial charge in [0.25, 0.3) is 0 Å². The van der Waals surface area contributed by atoms with Crippen molar-refractivity contribution in [3.63, 3.8) is 0 Å². The Balaban J connectivity index is 2.59. The monoisotopic (exact) mass is 261 g/mol. The average Bonchev–Trinajstić information content (AvgIpc) is 2.29. The molecule has 0 aliphatic rings. The molecule has 0 heterocycles. The molecule has 1 N–H and O–H groups in total. The van der Waals surface area contributed by atoms with Crippen LogP contribution in [0.25, 0.3) is 0 Å². The van der Waals surface area contributed by atoms with Crippen molar-refractivity contribution in [1.29, 1.82) is 0 Å². The van der Waals surface area contributed by atoms with Crippen molar-refractivity contribution >= 4 is 0 Å². The number of ether oxygens (including phenoxy) is 1. The van der Waals surface area contributed by atoms with Crippen molar-refractivity contribution in [3.8, 4) is 5.75 Å². The molecule has 1 unspecified atom stereocenters. The summed E-state index contributed by atoms with van der Waals surface area (Å²) in [5.74, 6) is 0.477. The van der Waals surface area contributed by atoms with Gasteiger partial charge < -0.3 is 10.1 Å². The maximum atomic E-state index is 12.0. The molecule has 0 saturated heterocycles. The fraction of sp³-hybridized carbons (Fsp3) is 0.538. The summed E-state index contributed by atoms with van der Waals surface area (Å²) in [7, 11) is 1.85. The number of benzene rings is 1. The van der Waals surface area contributed by atoms with E-state index < -0.39 is 12.6 Å². The van der Waals surface area contributed by atoms with Crippen LogP contribution in [0.5, 0.6) is 5.75 Å². The zero-order valence-corrected chi connectivity index (χ0v) is 10.6. The van der Waals surface area contributed by atoms with Gasteiger partial charge in [0.2, 0.25) is 0 Å². The van der Waals surface area contributed by atoms with Crippen LogP contribution in [0.2, 0.25) is 0 Å². The van der Waals surface area contributed by atoms with Crippen LogP contribution in [0.15, 0.2) is 24.3 Å². The van der Waals surface area contributed by atoms with E-state index in [1.165, 1.54) is 0 Å². The predicted octanol–water partition coefficient (Wildman–Crippen LogP) is 3.69. The van der Waals surface area contributed by atoms with E-state index in [1.807, 2.05) is 20.0 Å². The summed E-state index contributed by atoms with van der Waals surface area (Å²) < 4.78 is 41.1. The third kappa shape index (κ3) is 4.96. The molecule has 5 heteroatoms. The van der Waals surface area contributed by atoms with Crippen molar-refractivity contribution in [2.24, 2.45) is 0 Å². The van der Waals surface area contributed by atoms with Gasteiger partial charge in [0, 0.05) is 6.04 Å². The van der Waals surface area contributed by atoms with Crippen LogP contribution >= 0.6 is 0 Å². The van der Waals surface area contributed by atoms with Gasteiger partial charge in [-0.05, 0) is 31.2 Å². The highest BCUT2D eigenvalue weighted by Crippen LogP contribution is 2.23. The lowest BCUT2D eigenvalue weighted by Crippen LogP contribution is -2.15. The first-order chi connectivity index (χ1) is 8.46.